The number of benzene rings is 1. The van der Waals surface area contributed by atoms with Crippen LogP contribution in [0.2, 0.25) is 10.0 Å². The molecule has 0 atom stereocenters. The van der Waals surface area contributed by atoms with Crippen LogP contribution in [0.25, 0.3) is 10.1 Å². The molecule has 1 N–H and O–H groups in total. The van der Waals surface area contributed by atoms with E-state index in [-0.39, 0.29) is 5.91 Å². The molecule has 134 valence electrons. The van der Waals surface area contributed by atoms with E-state index >= 15 is 0 Å². The van der Waals surface area contributed by atoms with Gasteiger partial charge in [-0.3, -0.25) is 9.78 Å². The number of rotatable bonds is 3. The van der Waals surface area contributed by atoms with Crippen molar-refractivity contribution in [2.24, 2.45) is 0 Å². The first-order valence-corrected chi connectivity index (χ1v) is 9.89. The van der Waals surface area contributed by atoms with Gasteiger partial charge in [-0.05, 0) is 43.4 Å². The minimum atomic E-state index is -0.237. The first kappa shape index (κ1) is 17.6. The van der Waals surface area contributed by atoms with E-state index in [1.807, 2.05) is 6.07 Å². The quantitative estimate of drug-likeness (QED) is 0.602. The first-order chi connectivity index (χ1) is 12.6. The van der Waals surface area contributed by atoms with Crippen molar-refractivity contribution in [2.45, 2.75) is 25.7 Å². The molecule has 0 spiro atoms. The predicted molar refractivity (Wildman–Crippen MR) is 107 cm³/mol. The highest BCUT2D eigenvalue weighted by Gasteiger charge is 2.24. The molecule has 4 rings (SSSR count). The Balaban J connectivity index is 1.83. The van der Waals surface area contributed by atoms with Gasteiger partial charge in [-0.1, -0.05) is 23.2 Å². The van der Waals surface area contributed by atoms with Crippen molar-refractivity contribution in [3.05, 3.63) is 50.6 Å². The average molecular weight is 407 g/mol. The van der Waals surface area contributed by atoms with Crippen molar-refractivity contribution < 1.29 is 9.53 Å². The Bertz CT molecular complexity index is 996. The minimum Gasteiger partial charge on any atom is -0.495 e. The van der Waals surface area contributed by atoms with E-state index < -0.39 is 0 Å². The van der Waals surface area contributed by atoms with Gasteiger partial charge in [0.05, 0.1) is 27.5 Å². The van der Waals surface area contributed by atoms with Crippen LogP contribution in [-0.4, -0.2) is 18.0 Å². The van der Waals surface area contributed by atoms with Crippen LogP contribution in [0.15, 0.2) is 24.5 Å². The number of methoxy groups -OCH3 is 1. The third-order valence-corrected chi connectivity index (χ3v) is 6.50. The van der Waals surface area contributed by atoms with Crippen LogP contribution >= 0.6 is 34.5 Å². The highest BCUT2D eigenvalue weighted by Crippen LogP contribution is 2.43. The lowest BCUT2D eigenvalue weighted by Gasteiger charge is -2.14. The highest BCUT2D eigenvalue weighted by atomic mass is 35.5. The highest BCUT2D eigenvalue weighted by molar-refractivity contribution is 7.19. The molecule has 7 heteroatoms. The molecule has 1 aromatic carbocycles. The molecule has 0 fully saturated rings. The number of anilines is 1. The topological polar surface area (TPSA) is 51.2 Å². The number of fused-ring (bicyclic) bond motifs is 3. The van der Waals surface area contributed by atoms with Crippen molar-refractivity contribution >= 4 is 56.2 Å². The molecule has 0 bridgehead atoms. The fourth-order valence-electron chi connectivity index (χ4n) is 3.40. The monoisotopic (exact) mass is 406 g/mol. The maximum atomic E-state index is 13.0. The number of hydrogen-bond acceptors (Lipinski definition) is 4. The fraction of sp³-hybridized carbons (Fsp3) is 0.263. The molecule has 1 aliphatic carbocycles. The van der Waals surface area contributed by atoms with Gasteiger partial charge in [-0.2, -0.15) is 0 Å². The maximum Gasteiger partial charge on any atom is 0.256 e. The molecular formula is C19H16Cl2N2O2S. The summed E-state index contributed by atoms with van der Waals surface area (Å²) in [5, 5.41) is 4.45. The summed E-state index contributed by atoms with van der Waals surface area (Å²) in [6.45, 7) is 0. The second-order valence-corrected chi connectivity index (χ2v) is 8.08. The Morgan fingerprint density at radius 3 is 2.65 bits per heavy atom. The van der Waals surface area contributed by atoms with Gasteiger partial charge in [-0.25, -0.2) is 0 Å². The fourth-order valence-corrected chi connectivity index (χ4v) is 5.27. The summed E-state index contributed by atoms with van der Waals surface area (Å²) in [6.07, 6.45) is 7.28. The first-order valence-electron chi connectivity index (χ1n) is 8.31. The number of halogens is 2. The molecule has 3 aromatic rings. The normalized spacial score (nSPS) is 13.5. The maximum absolute atomic E-state index is 13.0. The third kappa shape index (κ3) is 2.94. The van der Waals surface area contributed by atoms with Gasteiger partial charge in [0, 0.05) is 28.2 Å². The molecule has 1 aliphatic rings. The average Bonchev–Trinajstić information content (AvgIpc) is 3.03. The van der Waals surface area contributed by atoms with E-state index in [2.05, 4.69) is 10.3 Å². The number of amides is 1. The number of ether oxygens (including phenoxy) is 1. The molecule has 26 heavy (non-hydrogen) atoms. The molecule has 0 saturated heterocycles. The van der Waals surface area contributed by atoms with Crippen LogP contribution in [-0.2, 0) is 12.8 Å². The molecular weight excluding hydrogens is 391 g/mol. The van der Waals surface area contributed by atoms with Gasteiger partial charge in [0.2, 0.25) is 0 Å². The van der Waals surface area contributed by atoms with Crippen molar-refractivity contribution in [1.82, 2.24) is 4.98 Å². The SMILES string of the molecule is COc1ccc(C(=O)Nc2c(Cl)cncc2Cl)c2c3c(sc12)CCCC3. The zero-order valence-corrected chi connectivity index (χ0v) is 16.4. The Hall–Kier alpha value is -1.82. The van der Waals surface area contributed by atoms with E-state index in [0.29, 0.717) is 21.3 Å². The van der Waals surface area contributed by atoms with E-state index in [1.54, 1.807) is 24.5 Å². The standard InChI is InChI=1S/C19H16Cl2N2O2S/c1-25-14-7-6-11(16-10-4-2-3-5-15(10)26-18(14)16)19(24)23-17-12(20)8-22-9-13(17)21/h6-9H,2-5H2,1H3,(H,22,23,24). The number of carbonyl (C=O) groups excluding carboxylic acids is 1. The number of pyridine rings is 1. The van der Waals surface area contributed by atoms with Crippen molar-refractivity contribution in [3.63, 3.8) is 0 Å². The number of nitrogens with one attached hydrogen (secondary N) is 1. The van der Waals surface area contributed by atoms with E-state index in [0.717, 1.165) is 35.1 Å². The minimum absolute atomic E-state index is 0.237. The van der Waals surface area contributed by atoms with Crippen LogP contribution in [0.1, 0.15) is 33.6 Å². The molecule has 0 saturated carbocycles. The molecule has 1 amide bonds. The summed E-state index contributed by atoms with van der Waals surface area (Å²) in [5.74, 6) is 0.565. The molecule has 0 aliphatic heterocycles. The van der Waals surface area contributed by atoms with E-state index in [1.165, 1.54) is 29.3 Å². The summed E-state index contributed by atoms with van der Waals surface area (Å²) in [4.78, 5) is 18.3. The predicted octanol–water partition coefficient (Wildman–Crippen LogP) is 5.74. The summed E-state index contributed by atoms with van der Waals surface area (Å²) in [7, 11) is 1.66. The second-order valence-electron chi connectivity index (χ2n) is 6.16. The van der Waals surface area contributed by atoms with Gasteiger partial charge in [0.15, 0.2) is 0 Å². The lowest BCUT2D eigenvalue weighted by atomic mass is 9.93. The smallest absolute Gasteiger partial charge is 0.256 e. The van der Waals surface area contributed by atoms with E-state index in [9.17, 15) is 4.79 Å². The number of aryl methyl sites for hydroxylation is 2. The third-order valence-electron chi connectivity index (χ3n) is 4.62. The van der Waals surface area contributed by atoms with Crippen LogP contribution in [0.3, 0.4) is 0 Å². The number of carbonyl (C=O) groups is 1. The number of aromatic nitrogens is 1. The van der Waals surface area contributed by atoms with Gasteiger partial charge in [-0.15, -0.1) is 11.3 Å². The largest absolute Gasteiger partial charge is 0.495 e. The Kier molecular flexibility index (Phi) is 4.78. The zero-order valence-electron chi connectivity index (χ0n) is 14.1. The van der Waals surface area contributed by atoms with Crippen molar-refractivity contribution in [3.8, 4) is 5.75 Å². The number of nitrogens with zero attached hydrogens (tertiary/aromatic N) is 1. The molecule has 0 unspecified atom stereocenters. The Morgan fingerprint density at radius 1 is 1.19 bits per heavy atom. The second kappa shape index (κ2) is 7.06. The van der Waals surface area contributed by atoms with Crippen molar-refractivity contribution in [2.75, 3.05) is 12.4 Å². The summed E-state index contributed by atoms with van der Waals surface area (Å²) in [6, 6.07) is 3.65. The zero-order chi connectivity index (χ0) is 18.3. The van der Waals surface area contributed by atoms with Gasteiger partial charge in [0.1, 0.15) is 5.75 Å². The number of thiophene rings is 1. The lowest BCUT2D eigenvalue weighted by molar-refractivity contribution is 0.102. The Morgan fingerprint density at radius 2 is 1.92 bits per heavy atom. The number of hydrogen-bond donors (Lipinski definition) is 1. The molecule has 0 radical (unpaired) electrons. The summed E-state index contributed by atoms with van der Waals surface area (Å²) >= 11 is 14.0. The molecule has 4 nitrogen and oxygen atoms in total. The van der Waals surface area contributed by atoms with Crippen molar-refractivity contribution in [1.29, 1.82) is 0 Å². The van der Waals surface area contributed by atoms with Gasteiger partial charge >= 0.3 is 0 Å². The van der Waals surface area contributed by atoms with E-state index in [4.69, 9.17) is 27.9 Å². The van der Waals surface area contributed by atoms with Crippen LogP contribution in [0.5, 0.6) is 5.75 Å². The van der Waals surface area contributed by atoms with Gasteiger partial charge < -0.3 is 10.1 Å². The summed E-state index contributed by atoms with van der Waals surface area (Å²) in [5.41, 5.74) is 2.26. The van der Waals surface area contributed by atoms with Crippen LogP contribution in [0.4, 0.5) is 5.69 Å². The Labute approximate surface area is 165 Å². The molecule has 2 aromatic heterocycles. The summed E-state index contributed by atoms with van der Waals surface area (Å²) < 4.78 is 6.55. The molecule has 2 heterocycles. The van der Waals surface area contributed by atoms with Crippen LogP contribution < -0.4 is 10.1 Å². The lowest BCUT2D eigenvalue weighted by Crippen LogP contribution is -2.14. The van der Waals surface area contributed by atoms with Gasteiger partial charge in [0.25, 0.3) is 5.91 Å². The van der Waals surface area contributed by atoms with Crippen LogP contribution in [0, 0.1) is 0 Å².